The van der Waals surface area contributed by atoms with Gasteiger partial charge in [0.15, 0.2) is 0 Å². The quantitative estimate of drug-likeness (QED) is 0.0905. The highest BCUT2D eigenvalue weighted by Gasteiger charge is 2.24. The van der Waals surface area contributed by atoms with Gasteiger partial charge in [0.05, 0.1) is 11.8 Å². The molecule has 1 heterocycles. The van der Waals surface area contributed by atoms with Crippen LogP contribution in [0.5, 0.6) is 0 Å². The van der Waals surface area contributed by atoms with Gasteiger partial charge in [-0.05, 0) is 142 Å². The molecule has 0 saturated carbocycles. The number of allylic oxidation sites excluding steroid dienone is 3. The Morgan fingerprint density at radius 2 is 1.10 bits per heavy atom. The van der Waals surface area contributed by atoms with E-state index >= 15 is 0 Å². The van der Waals surface area contributed by atoms with Crippen molar-refractivity contribution in [3.05, 3.63) is 283 Å². The molecule has 12 rings (SSSR count). The van der Waals surface area contributed by atoms with Crippen LogP contribution in [0.15, 0.2) is 255 Å². The summed E-state index contributed by atoms with van der Waals surface area (Å²) < 4.78 is 2.62. The van der Waals surface area contributed by atoms with Gasteiger partial charge in [-0.1, -0.05) is 226 Å². The zero-order valence-corrected chi connectivity index (χ0v) is 40.8. The van der Waals surface area contributed by atoms with E-state index in [4.69, 9.17) is 11.6 Å². The van der Waals surface area contributed by atoms with Gasteiger partial charge in [0.25, 0.3) is 0 Å². The Hall–Kier alpha value is -8.43. The number of benzene rings is 11. The topological polar surface area (TPSA) is 12.4 Å². The second-order valence-corrected chi connectivity index (χ2v) is 19.8. The van der Waals surface area contributed by atoms with Gasteiger partial charge in [-0.15, -0.1) is 11.3 Å². The van der Waals surface area contributed by atoms with Crippen LogP contribution in [0.4, 0.5) is 0 Å². The van der Waals surface area contributed by atoms with Crippen molar-refractivity contribution in [2.75, 3.05) is 0 Å². The molecule has 338 valence electrons. The predicted octanol–water partition coefficient (Wildman–Crippen LogP) is 19.4. The Balaban J connectivity index is 1.02. The molecule has 1 aromatic heterocycles. The molecule has 0 amide bonds. The number of hydrogen-bond donors (Lipinski definition) is 0. The Morgan fingerprint density at radius 1 is 0.493 bits per heavy atom. The molecule has 0 aliphatic heterocycles. The van der Waals surface area contributed by atoms with Crippen LogP contribution in [-0.2, 0) is 0 Å². The van der Waals surface area contributed by atoms with Crippen molar-refractivity contribution in [1.82, 2.24) is 0 Å². The highest BCUT2D eigenvalue weighted by Crippen LogP contribution is 2.47. The number of nitrogens with zero attached hydrogens (tertiary/aromatic N) is 1. The van der Waals surface area contributed by atoms with Crippen LogP contribution in [-0.4, -0.2) is 5.71 Å². The summed E-state index contributed by atoms with van der Waals surface area (Å²) in [6.07, 6.45) is 6.28. The van der Waals surface area contributed by atoms with Gasteiger partial charge in [-0.25, -0.2) is 0 Å². The first-order valence-corrected chi connectivity index (χ1v) is 25.3. The molecule has 0 bridgehead atoms. The van der Waals surface area contributed by atoms with E-state index in [9.17, 15) is 0 Å². The molecule has 0 aliphatic carbocycles. The summed E-state index contributed by atoms with van der Waals surface area (Å²) in [5, 5.41) is 12.5. The van der Waals surface area contributed by atoms with E-state index in [0.717, 1.165) is 33.5 Å². The lowest BCUT2D eigenvalue weighted by molar-refractivity contribution is 0.916. The predicted molar refractivity (Wildman–Crippen MR) is 309 cm³/mol. The molecule has 11 aromatic carbocycles. The van der Waals surface area contributed by atoms with Gasteiger partial charge in [0.2, 0.25) is 0 Å². The lowest BCUT2D eigenvalue weighted by Gasteiger charge is -2.23. The largest absolute Gasteiger partial charge is 0.272 e. The first-order chi connectivity index (χ1) is 34.9. The van der Waals surface area contributed by atoms with Crippen LogP contribution in [0.1, 0.15) is 52.3 Å². The molecule has 1 unspecified atom stereocenters. The Morgan fingerprint density at radius 3 is 1.85 bits per heavy atom. The molecule has 12 aromatic rings. The number of aryl methyl sites for hydroxylation is 1. The van der Waals surface area contributed by atoms with Gasteiger partial charge in [0.1, 0.15) is 0 Å². The summed E-state index contributed by atoms with van der Waals surface area (Å²) in [5.41, 5.74) is 13.8. The van der Waals surface area contributed by atoms with E-state index in [2.05, 4.69) is 251 Å². The van der Waals surface area contributed by atoms with Gasteiger partial charge >= 0.3 is 0 Å². The molecule has 0 spiro atoms. The van der Waals surface area contributed by atoms with E-state index in [-0.39, 0.29) is 12.0 Å². The minimum absolute atomic E-state index is 0.0268. The summed E-state index contributed by atoms with van der Waals surface area (Å²) in [7, 11) is 0. The van der Waals surface area contributed by atoms with Crippen LogP contribution in [0.3, 0.4) is 0 Å². The molecule has 2 heteroatoms. The number of hydrogen-bond acceptors (Lipinski definition) is 2. The van der Waals surface area contributed by atoms with Crippen molar-refractivity contribution < 1.29 is 0 Å². The average Bonchev–Trinajstić information content (AvgIpc) is 3.81. The van der Waals surface area contributed by atoms with Crippen molar-refractivity contribution in [2.24, 2.45) is 4.99 Å². The number of thiophene rings is 1. The van der Waals surface area contributed by atoms with Crippen LogP contribution < -0.4 is 0 Å². The molecule has 2 atom stereocenters. The lowest BCUT2D eigenvalue weighted by atomic mass is 9.81. The normalized spacial score (nSPS) is 13.0. The van der Waals surface area contributed by atoms with Crippen molar-refractivity contribution in [3.63, 3.8) is 0 Å². The van der Waals surface area contributed by atoms with Crippen molar-refractivity contribution in [2.45, 2.75) is 25.8 Å². The SMILES string of the molecule is C=CC(=N[C@@H](/C=C/C(=C)c1cc(C(C)c2c(-c3cc4ccccc4cc3C)ccc3ccccc23)c2sc3c4ccccc4ccc3c2c1)c1ccc2ccccc2c1)c1ccc(-c2ccccc2)cc1. The van der Waals surface area contributed by atoms with Crippen LogP contribution in [0, 0.1) is 6.92 Å². The minimum atomic E-state index is -0.308. The van der Waals surface area contributed by atoms with E-state index in [0.29, 0.717) is 0 Å². The van der Waals surface area contributed by atoms with Crippen molar-refractivity contribution >= 4 is 85.9 Å². The van der Waals surface area contributed by atoms with Gasteiger partial charge in [-0.3, -0.25) is 4.99 Å². The Bertz CT molecular complexity index is 4110. The second-order valence-electron chi connectivity index (χ2n) is 18.8. The third kappa shape index (κ3) is 8.17. The average molecular weight is 926 g/mol. The van der Waals surface area contributed by atoms with E-state index in [1.165, 1.54) is 96.6 Å². The first kappa shape index (κ1) is 43.8. The molecular weight excluding hydrogens is 875 g/mol. The molecule has 71 heavy (non-hydrogen) atoms. The van der Waals surface area contributed by atoms with Crippen molar-refractivity contribution in [3.8, 4) is 22.3 Å². The Labute approximate surface area is 419 Å². The van der Waals surface area contributed by atoms with Crippen LogP contribution in [0.25, 0.3) is 91.1 Å². The summed E-state index contributed by atoms with van der Waals surface area (Å²) >= 11 is 1.92. The number of fused-ring (bicyclic) bond motifs is 8. The third-order valence-corrected chi connectivity index (χ3v) is 15.8. The fourth-order valence-electron chi connectivity index (χ4n) is 10.7. The number of rotatable bonds is 11. The number of aliphatic imine (C=N–C) groups is 1. The van der Waals surface area contributed by atoms with Crippen molar-refractivity contribution in [1.29, 1.82) is 0 Å². The fourth-order valence-corrected chi connectivity index (χ4v) is 12.1. The summed E-state index contributed by atoms with van der Waals surface area (Å²) in [6, 6.07) is 79.2. The molecule has 1 nitrogen and oxygen atoms in total. The third-order valence-electron chi connectivity index (χ3n) is 14.5. The van der Waals surface area contributed by atoms with E-state index in [1.54, 1.807) is 0 Å². The standard InChI is InChI=1S/C69H51NS/c1-5-65(52-31-28-49(29-32-52)47-17-7-6-8-18-47)70-66(56-33-30-48-19-9-10-23-54(48)40-56)38-27-44(2)57-42-63(69-64(43-57)61-37-35-51-21-14-16-26-59(51)68(61)71-69)46(4)67-58-25-15-13-20-50(58)34-36-60(67)62-41-55-24-12-11-22-53(55)39-45(62)3/h5-43,46,66H,1-2H2,3-4H3/b38-27+,70-65?/t46?,66-/m0/s1. The molecule has 0 aliphatic rings. The maximum absolute atomic E-state index is 5.47. The molecule has 0 N–H and O–H groups in total. The van der Waals surface area contributed by atoms with Gasteiger partial charge < -0.3 is 0 Å². The molecular formula is C69H51NS. The Kier molecular flexibility index (Phi) is 11.4. The zero-order chi connectivity index (χ0) is 48.0. The van der Waals surface area contributed by atoms with Crippen LogP contribution >= 0.6 is 11.3 Å². The van der Waals surface area contributed by atoms with E-state index < -0.39 is 0 Å². The highest BCUT2D eigenvalue weighted by atomic mass is 32.1. The smallest absolute Gasteiger partial charge is 0.0941 e. The zero-order valence-electron chi connectivity index (χ0n) is 39.9. The second kappa shape index (κ2) is 18.5. The summed E-state index contributed by atoms with van der Waals surface area (Å²) in [4.78, 5) is 5.47. The minimum Gasteiger partial charge on any atom is -0.272 e. The van der Waals surface area contributed by atoms with Gasteiger partial charge in [-0.2, -0.15) is 0 Å². The molecule has 0 saturated heterocycles. The maximum Gasteiger partial charge on any atom is 0.0941 e. The highest BCUT2D eigenvalue weighted by molar-refractivity contribution is 7.27. The summed E-state index contributed by atoms with van der Waals surface area (Å²) in [5.74, 6) is 0.0268. The first-order valence-electron chi connectivity index (χ1n) is 24.5. The summed E-state index contributed by atoms with van der Waals surface area (Å²) in [6.45, 7) is 13.8. The fraction of sp³-hybridized carbons (Fsp3) is 0.0580. The lowest BCUT2D eigenvalue weighted by Crippen LogP contribution is -2.03. The molecule has 0 fully saturated rings. The van der Waals surface area contributed by atoms with Gasteiger partial charge in [0, 0.05) is 26.1 Å². The van der Waals surface area contributed by atoms with E-state index in [1.807, 2.05) is 17.4 Å². The molecule has 0 radical (unpaired) electrons. The monoisotopic (exact) mass is 925 g/mol. The maximum atomic E-state index is 5.47. The van der Waals surface area contributed by atoms with Crippen LogP contribution in [0.2, 0.25) is 0 Å².